The lowest BCUT2D eigenvalue weighted by atomic mass is 10.1. The van der Waals surface area contributed by atoms with Gasteiger partial charge in [-0.2, -0.15) is 0 Å². The monoisotopic (exact) mass is 453 g/mol. The average molecular weight is 454 g/mol. The fourth-order valence-electron chi connectivity index (χ4n) is 3.65. The zero-order valence-electron chi connectivity index (χ0n) is 19.7. The van der Waals surface area contributed by atoms with Gasteiger partial charge in [0.25, 0.3) is 0 Å². The van der Waals surface area contributed by atoms with Crippen molar-refractivity contribution in [3.8, 4) is 17.2 Å². The lowest BCUT2D eigenvalue weighted by Gasteiger charge is -2.11. The van der Waals surface area contributed by atoms with E-state index in [1.807, 2.05) is 55.7 Å². The Balaban J connectivity index is 1.96. The third kappa shape index (κ3) is 5.66. The summed E-state index contributed by atoms with van der Waals surface area (Å²) in [6.07, 6.45) is 1.77. The number of fused-ring (bicyclic) bond motifs is 1. The van der Waals surface area contributed by atoms with Gasteiger partial charge in [0.2, 0.25) is 0 Å². The second-order valence-electron chi connectivity index (χ2n) is 7.48. The van der Waals surface area contributed by atoms with Crippen LogP contribution in [0.1, 0.15) is 49.7 Å². The van der Waals surface area contributed by atoms with Gasteiger partial charge < -0.3 is 23.5 Å². The van der Waals surface area contributed by atoms with Gasteiger partial charge in [0.15, 0.2) is 6.61 Å². The van der Waals surface area contributed by atoms with E-state index in [1.54, 1.807) is 19.1 Å². The van der Waals surface area contributed by atoms with Gasteiger partial charge in [-0.05, 0) is 69.7 Å². The Morgan fingerprint density at radius 3 is 2.27 bits per heavy atom. The van der Waals surface area contributed by atoms with Crippen molar-refractivity contribution in [2.24, 2.45) is 0 Å². The molecule has 0 saturated heterocycles. The van der Waals surface area contributed by atoms with E-state index in [4.69, 9.17) is 18.9 Å². The first-order valence-corrected chi connectivity index (χ1v) is 11.3. The highest BCUT2D eigenvalue weighted by Crippen LogP contribution is 2.33. The van der Waals surface area contributed by atoms with E-state index >= 15 is 0 Å². The van der Waals surface area contributed by atoms with E-state index in [9.17, 15) is 9.59 Å². The van der Waals surface area contributed by atoms with Gasteiger partial charge in [0, 0.05) is 16.8 Å². The van der Waals surface area contributed by atoms with Crippen molar-refractivity contribution in [1.82, 2.24) is 4.57 Å². The van der Waals surface area contributed by atoms with E-state index in [1.165, 1.54) is 0 Å². The molecule has 0 aliphatic rings. The summed E-state index contributed by atoms with van der Waals surface area (Å²) in [6.45, 7) is 8.68. The van der Waals surface area contributed by atoms with Crippen LogP contribution in [-0.2, 0) is 14.3 Å². The smallest absolute Gasteiger partial charge is 0.344 e. The Labute approximate surface area is 194 Å². The SMILES string of the molecule is CCCCOC(=O)COc1ccc2c(c1)c(C(=O)OCC)c(C)n2-c1ccc(OCC)cc1. The molecule has 0 aliphatic heterocycles. The number of rotatable bonds is 11. The first kappa shape index (κ1) is 24.2. The maximum absolute atomic E-state index is 12.8. The Morgan fingerprint density at radius 2 is 1.61 bits per heavy atom. The summed E-state index contributed by atoms with van der Waals surface area (Å²) in [7, 11) is 0. The van der Waals surface area contributed by atoms with Crippen LogP contribution in [0.15, 0.2) is 42.5 Å². The summed E-state index contributed by atoms with van der Waals surface area (Å²) in [5.74, 6) is 0.435. The van der Waals surface area contributed by atoms with Crippen LogP contribution in [-0.4, -0.2) is 42.9 Å². The number of aromatic nitrogens is 1. The highest BCUT2D eigenvalue weighted by Gasteiger charge is 2.22. The number of hydrogen-bond donors (Lipinski definition) is 0. The zero-order chi connectivity index (χ0) is 23.8. The normalized spacial score (nSPS) is 10.8. The number of esters is 2. The van der Waals surface area contributed by atoms with Crippen LogP contribution >= 0.6 is 0 Å². The number of unbranched alkanes of at least 4 members (excludes halogenated alkanes) is 1. The summed E-state index contributed by atoms with van der Waals surface area (Å²) < 4.78 is 23.7. The van der Waals surface area contributed by atoms with Crippen molar-refractivity contribution in [3.05, 3.63) is 53.7 Å². The first-order valence-electron chi connectivity index (χ1n) is 11.3. The predicted octanol–water partition coefficient (Wildman–Crippen LogP) is 5.24. The second-order valence-corrected chi connectivity index (χ2v) is 7.48. The van der Waals surface area contributed by atoms with Crippen molar-refractivity contribution in [2.45, 2.75) is 40.5 Å². The molecule has 2 aromatic carbocycles. The highest BCUT2D eigenvalue weighted by atomic mass is 16.6. The van der Waals surface area contributed by atoms with Crippen molar-refractivity contribution >= 4 is 22.8 Å². The molecule has 0 bridgehead atoms. The maximum Gasteiger partial charge on any atom is 0.344 e. The van der Waals surface area contributed by atoms with E-state index < -0.39 is 11.9 Å². The zero-order valence-corrected chi connectivity index (χ0v) is 19.7. The van der Waals surface area contributed by atoms with E-state index in [0.29, 0.717) is 29.9 Å². The summed E-state index contributed by atoms with van der Waals surface area (Å²) in [6, 6.07) is 13.1. The van der Waals surface area contributed by atoms with Gasteiger partial charge >= 0.3 is 11.9 Å². The fourth-order valence-corrected chi connectivity index (χ4v) is 3.65. The van der Waals surface area contributed by atoms with Gasteiger partial charge in [0.05, 0.1) is 30.9 Å². The van der Waals surface area contributed by atoms with Gasteiger partial charge in [-0.1, -0.05) is 13.3 Å². The van der Waals surface area contributed by atoms with E-state index in [2.05, 4.69) is 0 Å². The van der Waals surface area contributed by atoms with Crippen LogP contribution in [0.4, 0.5) is 0 Å². The first-order chi connectivity index (χ1) is 16.0. The molecule has 3 aromatic rings. The molecule has 0 N–H and O–H groups in total. The number of ether oxygens (including phenoxy) is 4. The molecule has 7 nitrogen and oxygen atoms in total. The molecule has 0 atom stereocenters. The molecular formula is C26H31NO6. The molecule has 3 rings (SSSR count). The molecule has 7 heteroatoms. The molecule has 1 aromatic heterocycles. The lowest BCUT2D eigenvalue weighted by molar-refractivity contribution is -0.146. The maximum atomic E-state index is 12.8. The van der Waals surface area contributed by atoms with Crippen molar-refractivity contribution in [1.29, 1.82) is 0 Å². The fraction of sp³-hybridized carbons (Fsp3) is 0.385. The summed E-state index contributed by atoms with van der Waals surface area (Å²) in [5.41, 5.74) is 2.95. The van der Waals surface area contributed by atoms with Crippen LogP contribution in [0.2, 0.25) is 0 Å². The number of hydrogen-bond acceptors (Lipinski definition) is 6. The minimum absolute atomic E-state index is 0.192. The van der Waals surface area contributed by atoms with Crippen LogP contribution in [0.3, 0.4) is 0 Å². The second kappa shape index (κ2) is 11.4. The quantitative estimate of drug-likeness (QED) is 0.292. The van der Waals surface area contributed by atoms with E-state index in [-0.39, 0.29) is 13.2 Å². The third-order valence-corrected chi connectivity index (χ3v) is 5.18. The molecule has 33 heavy (non-hydrogen) atoms. The molecular weight excluding hydrogens is 422 g/mol. The standard InChI is InChI=1S/C26H31NO6/c1-5-8-15-32-24(28)17-33-21-13-14-23-22(16-21)25(26(29)31-7-3)18(4)27(23)19-9-11-20(12-10-19)30-6-2/h9-14,16H,5-8,15,17H2,1-4H3. The highest BCUT2D eigenvalue weighted by molar-refractivity contribution is 6.07. The van der Waals surface area contributed by atoms with Gasteiger partial charge in [-0.3, -0.25) is 0 Å². The summed E-state index contributed by atoms with van der Waals surface area (Å²) in [5, 5.41) is 0.691. The Bertz CT molecular complexity index is 1100. The van der Waals surface area contributed by atoms with Gasteiger partial charge in [0.1, 0.15) is 11.5 Å². The molecule has 0 spiro atoms. The minimum atomic E-state index is -0.419. The predicted molar refractivity (Wildman–Crippen MR) is 126 cm³/mol. The van der Waals surface area contributed by atoms with Crippen LogP contribution in [0.25, 0.3) is 16.6 Å². The number of nitrogens with zero attached hydrogens (tertiary/aromatic N) is 1. The number of carbonyl (C=O) groups is 2. The third-order valence-electron chi connectivity index (χ3n) is 5.18. The molecule has 0 unspecified atom stereocenters. The number of carbonyl (C=O) groups excluding carboxylic acids is 2. The largest absolute Gasteiger partial charge is 0.494 e. The molecule has 0 aliphatic carbocycles. The van der Waals surface area contributed by atoms with Crippen molar-refractivity contribution < 1.29 is 28.5 Å². The summed E-state index contributed by atoms with van der Waals surface area (Å²) >= 11 is 0. The topological polar surface area (TPSA) is 76.0 Å². The minimum Gasteiger partial charge on any atom is -0.494 e. The Morgan fingerprint density at radius 1 is 0.879 bits per heavy atom. The molecule has 0 amide bonds. The van der Waals surface area contributed by atoms with Gasteiger partial charge in [-0.25, -0.2) is 9.59 Å². The van der Waals surface area contributed by atoms with Crippen LogP contribution in [0, 0.1) is 6.92 Å². The van der Waals surface area contributed by atoms with Crippen molar-refractivity contribution in [3.63, 3.8) is 0 Å². The van der Waals surface area contributed by atoms with Crippen LogP contribution < -0.4 is 9.47 Å². The molecule has 176 valence electrons. The number of benzene rings is 2. The average Bonchev–Trinajstić information content (AvgIpc) is 3.10. The Hall–Kier alpha value is -3.48. The molecule has 0 radical (unpaired) electrons. The lowest BCUT2D eigenvalue weighted by Crippen LogP contribution is -2.15. The van der Waals surface area contributed by atoms with E-state index in [0.717, 1.165) is 35.5 Å². The van der Waals surface area contributed by atoms with Gasteiger partial charge in [-0.15, -0.1) is 0 Å². The van der Waals surface area contributed by atoms with Crippen molar-refractivity contribution in [2.75, 3.05) is 26.4 Å². The molecule has 1 heterocycles. The van der Waals surface area contributed by atoms with Crippen LogP contribution in [0.5, 0.6) is 11.5 Å². The molecule has 0 fully saturated rings. The summed E-state index contributed by atoms with van der Waals surface area (Å²) in [4.78, 5) is 24.7. The Kier molecular flexibility index (Phi) is 8.35. The molecule has 0 saturated carbocycles.